The molecule has 2 aromatic carbocycles. The zero-order valence-electron chi connectivity index (χ0n) is 20.8. The molecule has 4 rings (SSSR count). The molecule has 0 radical (unpaired) electrons. The van der Waals surface area contributed by atoms with E-state index in [9.17, 15) is 9.59 Å². The summed E-state index contributed by atoms with van der Waals surface area (Å²) in [5.41, 5.74) is 2.83. The summed E-state index contributed by atoms with van der Waals surface area (Å²) in [6, 6.07) is 18.6. The van der Waals surface area contributed by atoms with Crippen LogP contribution in [0.5, 0.6) is 0 Å². The second-order valence-corrected chi connectivity index (χ2v) is 7.97. The van der Waals surface area contributed by atoms with Gasteiger partial charge in [0.05, 0.1) is 25.6 Å². The molecule has 0 saturated carbocycles. The molecule has 4 aromatic rings. The number of hydrogen-bond acceptors (Lipinski definition) is 9. The molecule has 0 spiro atoms. The molecule has 0 aliphatic heterocycles. The van der Waals surface area contributed by atoms with Crippen molar-refractivity contribution in [2.75, 3.05) is 28.3 Å². The topological polar surface area (TPSA) is 117 Å². The molecule has 0 saturated heterocycles. The highest BCUT2D eigenvalue weighted by Gasteiger charge is 2.25. The molecule has 11 nitrogen and oxygen atoms in total. The fraction of sp³-hybridized carbons (Fsp3) is 0.154. The van der Waals surface area contributed by atoms with E-state index in [1.54, 1.807) is 23.0 Å². The van der Waals surface area contributed by atoms with Crippen molar-refractivity contribution in [3.05, 3.63) is 95.7 Å². The van der Waals surface area contributed by atoms with Crippen molar-refractivity contribution in [1.29, 1.82) is 0 Å². The maximum absolute atomic E-state index is 12.6. The summed E-state index contributed by atoms with van der Waals surface area (Å²) in [5, 5.41) is 16.5. The number of carbonyl (C=O) groups is 2. The van der Waals surface area contributed by atoms with Gasteiger partial charge in [0.1, 0.15) is 11.4 Å². The van der Waals surface area contributed by atoms with E-state index in [1.165, 1.54) is 18.9 Å². The highest BCUT2D eigenvalue weighted by atomic mass is 16.5. The normalized spacial score (nSPS) is 11.5. The molecule has 2 aromatic heterocycles. The Morgan fingerprint density at radius 3 is 1.86 bits per heavy atom. The van der Waals surface area contributed by atoms with Crippen LogP contribution in [-0.4, -0.2) is 75.1 Å². The smallest absolute Gasteiger partial charge is 0.360 e. The number of rotatable bonds is 8. The first kappa shape index (κ1) is 25.0. The molecule has 0 bridgehead atoms. The Hall–Kier alpha value is -5.06. The fourth-order valence-corrected chi connectivity index (χ4v) is 3.60. The molecular formula is C26H25N7O4. The minimum Gasteiger partial charge on any atom is -0.464 e. The minimum atomic E-state index is -0.638. The van der Waals surface area contributed by atoms with Crippen molar-refractivity contribution < 1.29 is 19.1 Å². The summed E-state index contributed by atoms with van der Waals surface area (Å²) in [7, 11) is 6.25. The van der Waals surface area contributed by atoms with Crippen LogP contribution in [0.1, 0.15) is 32.4 Å². The highest BCUT2D eigenvalue weighted by Crippen LogP contribution is 2.25. The van der Waals surface area contributed by atoms with E-state index in [1.807, 2.05) is 79.7 Å². The first-order valence-corrected chi connectivity index (χ1v) is 11.2. The average molecular weight is 500 g/mol. The van der Waals surface area contributed by atoms with Crippen LogP contribution in [0.2, 0.25) is 0 Å². The number of para-hydroxylation sites is 2. The van der Waals surface area contributed by atoms with Crippen molar-refractivity contribution >= 4 is 23.6 Å². The number of benzene rings is 2. The van der Waals surface area contributed by atoms with Crippen molar-refractivity contribution in [3.63, 3.8) is 0 Å². The predicted molar refractivity (Wildman–Crippen MR) is 136 cm³/mol. The van der Waals surface area contributed by atoms with E-state index in [0.29, 0.717) is 28.3 Å². The predicted octanol–water partition coefficient (Wildman–Crippen LogP) is 3.04. The van der Waals surface area contributed by atoms with Gasteiger partial charge < -0.3 is 14.4 Å². The first-order valence-electron chi connectivity index (χ1n) is 11.2. The van der Waals surface area contributed by atoms with Crippen LogP contribution in [0.4, 0.5) is 0 Å². The van der Waals surface area contributed by atoms with E-state index in [4.69, 9.17) is 9.47 Å². The Labute approximate surface area is 213 Å². The molecular weight excluding hydrogens is 474 g/mol. The molecule has 0 unspecified atom stereocenters. The van der Waals surface area contributed by atoms with Crippen LogP contribution in [-0.2, 0) is 9.47 Å². The molecule has 0 amide bonds. The lowest BCUT2D eigenvalue weighted by Crippen LogP contribution is -2.10. The average Bonchev–Trinajstić information content (AvgIpc) is 3.56. The summed E-state index contributed by atoms with van der Waals surface area (Å²) in [6.45, 7) is 0. The number of hydrogen-bond donors (Lipinski definition) is 0. The zero-order chi connectivity index (χ0) is 26.4. The van der Waals surface area contributed by atoms with Crippen LogP contribution in [0.25, 0.3) is 23.0 Å². The molecule has 0 aliphatic rings. The zero-order valence-corrected chi connectivity index (χ0v) is 20.8. The Morgan fingerprint density at radius 1 is 0.784 bits per heavy atom. The van der Waals surface area contributed by atoms with Gasteiger partial charge in [0, 0.05) is 25.9 Å². The van der Waals surface area contributed by atoms with Gasteiger partial charge in [-0.3, -0.25) is 0 Å². The van der Waals surface area contributed by atoms with Gasteiger partial charge in [0.2, 0.25) is 0 Å². The molecule has 11 heteroatoms. The van der Waals surface area contributed by atoms with Gasteiger partial charge in [-0.15, -0.1) is 10.2 Å². The van der Waals surface area contributed by atoms with Crippen LogP contribution < -0.4 is 0 Å². The van der Waals surface area contributed by atoms with E-state index in [2.05, 4.69) is 20.6 Å². The van der Waals surface area contributed by atoms with Crippen molar-refractivity contribution in [3.8, 4) is 11.4 Å². The Kier molecular flexibility index (Phi) is 7.53. The third-order valence-corrected chi connectivity index (χ3v) is 5.23. The quantitative estimate of drug-likeness (QED) is 0.266. The Morgan fingerprint density at radius 2 is 1.30 bits per heavy atom. The number of nitrogens with zero attached hydrogens (tertiary/aromatic N) is 7. The molecule has 2 heterocycles. The van der Waals surface area contributed by atoms with Crippen LogP contribution in [0.15, 0.2) is 72.9 Å². The van der Waals surface area contributed by atoms with Crippen LogP contribution in [0, 0.1) is 0 Å². The van der Waals surface area contributed by atoms with E-state index < -0.39 is 11.9 Å². The summed E-state index contributed by atoms with van der Waals surface area (Å²) in [5.74, 6) is -1.27. The first-order chi connectivity index (χ1) is 17.9. The maximum atomic E-state index is 12.6. The van der Waals surface area contributed by atoms with Gasteiger partial charge in [-0.05, 0) is 36.4 Å². The molecule has 0 aliphatic carbocycles. The molecule has 0 N–H and O–H groups in total. The van der Waals surface area contributed by atoms with Crippen LogP contribution in [0.3, 0.4) is 0 Å². The third-order valence-electron chi connectivity index (χ3n) is 5.23. The second-order valence-electron chi connectivity index (χ2n) is 7.97. The Bertz CT molecular complexity index is 1450. The summed E-state index contributed by atoms with van der Waals surface area (Å²) in [6.07, 6.45) is 5.21. The van der Waals surface area contributed by atoms with E-state index in [-0.39, 0.29) is 11.4 Å². The third kappa shape index (κ3) is 5.30. The van der Waals surface area contributed by atoms with Gasteiger partial charge in [-0.2, -0.15) is 0 Å². The summed E-state index contributed by atoms with van der Waals surface area (Å²) >= 11 is 0. The minimum absolute atomic E-state index is 0.0342. The number of esters is 2. The molecule has 0 fully saturated rings. The summed E-state index contributed by atoms with van der Waals surface area (Å²) in [4.78, 5) is 26.9. The molecule has 188 valence electrons. The number of carbonyl (C=O) groups excluding carboxylic acids is 2. The largest absolute Gasteiger partial charge is 0.464 e. The highest BCUT2D eigenvalue weighted by molar-refractivity contribution is 5.96. The monoisotopic (exact) mass is 499 g/mol. The molecule has 0 atom stereocenters. The molecule has 37 heavy (non-hydrogen) atoms. The van der Waals surface area contributed by atoms with E-state index in [0.717, 1.165) is 0 Å². The number of aromatic nitrogens is 6. The van der Waals surface area contributed by atoms with Gasteiger partial charge >= 0.3 is 11.9 Å². The van der Waals surface area contributed by atoms with Gasteiger partial charge in [-0.1, -0.05) is 46.8 Å². The van der Waals surface area contributed by atoms with Crippen molar-refractivity contribution in [1.82, 2.24) is 34.9 Å². The number of methoxy groups -OCH3 is 2. The standard InChI is InChI=1S/C26H25N7O4/c1-31(2)17-18(24-23(26(35)37-4)28-30-33(24)20-13-9-6-10-14-20)15-16-21-22(25(34)36-3)27-29-32(21)19-11-7-5-8-12-19/h5-17H,1-4H3/b16-15+,18-17+. The van der Waals surface area contributed by atoms with Crippen molar-refractivity contribution in [2.24, 2.45) is 0 Å². The second kappa shape index (κ2) is 11.1. The van der Waals surface area contributed by atoms with E-state index >= 15 is 0 Å². The number of ether oxygens (including phenoxy) is 2. The van der Waals surface area contributed by atoms with Crippen LogP contribution >= 0.6 is 0 Å². The lowest BCUT2D eigenvalue weighted by molar-refractivity contribution is 0.0585. The van der Waals surface area contributed by atoms with Gasteiger partial charge in [-0.25, -0.2) is 19.0 Å². The fourth-order valence-electron chi connectivity index (χ4n) is 3.60. The SMILES string of the molecule is COC(=O)c1nnn(-c2ccccc2)c1/C=C/C(=C\N(C)C)c1c(C(=O)OC)nnn1-c1ccccc1. The maximum Gasteiger partial charge on any atom is 0.360 e. The van der Waals surface area contributed by atoms with Gasteiger partial charge in [0.15, 0.2) is 11.4 Å². The number of allylic oxidation sites excluding steroid dienone is 2. The lowest BCUT2D eigenvalue weighted by Gasteiger charge is -2.12. The lowest BCUT2D eigenvalue weighted by atomic mass is 10.1. The summed E-state index contributed by atoms with van der Waals surface area (Å²) < 4.78 is 13.0. The Balaban J connectivity index is 1.91. The van der Waals surface area contributed by atoms with Gasteiger partial charge in [0.25, 0.3) is 0 Å². The van der Waals surface area contributed by atoms with Crippen molar-refractivity contribution in [2.45, 2.75) is 0 Å².